The smallest absolute Gasteiger partial charge is 0.253 e. The average Bonchev–Trinajstić information content (AvgIpc) is 3.25. The molecular formula is C18H20N4OS. The fourth-order valence-electron chi connectivity index (χ4n) is 2.53. The second-order valence-corrected chi connectivity index (χ2v) is 6.97. The Labute approximate surface area is 145 Å². The van der Waals surface area contributed by atoms with E-state index in [1.165, 1.54) is 4.88 Å². The molecule has 0 aliphatic heterocycles. The van der Waals surface area contributed by atoms with Crippen LogP contribution in [0.15, 0.2) is 48.1 Å². The Hall–Kier alpha value is -2.47. The molecule has 3 rings (SSSR count). The van der Waals surface area contributed by atoms with Gasteiger partial charge in [-0.15, -0.1) is 11.3 Å². The zero-order valence-corrected chi connectivity index (χ0v) is 14.8. The third-order valence-electron chi connectivity index (χ3n) is 3.77. The number of nitrogens with zero attached hydrogens (tertiary/aromatic N) is 4. The molecule has 124 valence electrons. The summed E-state index contributed by atoms with van der Waals surface area (Å²) in [5, 5.41) is 6.27. The van der Waals surface area contributed by atoms with E-state index >= 15 is 0 Å². The van der Waals surface area contributed by atoms with Crippen molar-refractivity contribution in [2.24, 2.45) is 0 Å². The van der Waals surface area contributed by atoms with Crippen LogP contribution < -0.4 is 0 Å². The highest BCUT2D eigenvalue weighted by Gasteiger charge is 2.14. The van der Waals surface area contributed by atoms with Gasteiger partial charge < -0.3 is 4.90 Å². The van der Waals surface area contributed by atoms with Crippen LogP contribution >= 0.6 is 11.3 Å². The highest BCUT2D eigenvalue weighted by Crippen LogP contribution is 2.21. The molecule has 6 heteroatoms. The number of carbonyl (C=O) groups excluding carboxylic acids is 1. The first kappa shape index (κ1) is 16.4. The molecule has 2 heterocycles. The summed E-state index contributed by atoms with van der Waals surface area (Å²) in [5.41, 5.74) is 1.63. The lowest BCUT2D eigenvalue weighted by Gasteiger charge is -2.16. The highest BCUT2D eigenvalue weighted by atomic mass is 32.1. The molecule has 2 aromatic heterocycles. The van der Waals surface area contributed by atoms with Crippen LogP contribution in [0.5, 0.6) is 0 Å². The standard InChI is InChI=1S/C18H20N4OS/c1-13(2)22-17(19-12-20-22)14-6-8-15(9-7-14)18(23)21(3)11-16-5-4-10-24-16/h4-10,12-13H,11H2,1-3H3. The molecule has 0 saturated heterocycles. The first-order valence-electron chi connectivity index (χ1n) is 7.84. The average molecular weight is 340 g/mol. The van der Waals surface area contributed by atoms with Crippen molar-refractivity contribution in [2.75, 3.05) is 7.05 Å². The largest absolute Gasteiger partial charge is 0.337 e. The quantitative estimate of drug-likeness (QED) is 0.709. The SMILES string of the molecule is CC(C)n1ncnc1-c1ccc(C(=O)N(C)Cc2cccs2)cc1. The Morgan fingerprint density at radius 2 is 2.00 bits per heavy atom. The van der Waals surface area contributed by atoms with Crippen molar-refractivity contribution >= 4 is 17.2 Å². The number of amides is 1. The van der Waals surface area contributed by atoms with Crippen LogP contribution in [0.25, 0.3) is 11.4 Å². The van der Waals surface area contributed by atoms with E-state index in [4.69, 9.17) is 0 Å². The minimum absolute atomic E-state index is 0.0141. The molecule has 0 fully saturated rings. The maximum atomic E-state index is 12.5. The van der Waals surface area contributed by atoms with Crippen molar-refractivity contribution in [2.45, 2.75) is 26.4 Å². The molecule has 0 aliphatic carbocycles. The summed E-state index contributed by atoms with van der Waals surface area (Å²) in [6.45, 7) is 4.76. The Morgan fingerprint density at radius 1 is 1.25 bits per heavy atom. The lowest BCUT2D eigenvalue weighted by molar-refractivity contribution is 0.0786. The van der Waals surface area contributed by atoms with Gasteiger partial charge in [-0.2, -0.15) is 5.10 Å². The first-order chi connectivity index (χ1) is 11.6. The fraction of sp³-hybridized carbons (Fsp3) is 0.278. The highest BCUT2D eigenvalue weighted by molar-refractivity contribution is 7.09. The van der Waals surface area contributed by atoms with E-state index in [0.29, 0.717) is 12.1 Å². The minimum Gasteiger partial charge on any atom is -0.337 e. The predicted octanol–water partition coefficient (Wildman–Crippen LogP) is 3.86. The van der Waals surface area contributed by atoms with E-state index in [1.807, 2.05) is 53.5 Å². The van der Waals surface area contributed by atoms with Crippen LogP contribution in [0.2, 0.25) is 0 Å². The normalized spacial score (nSPS) is 11.0. The van der Waals surface area contributed by atoms with E-state index in [-0.39, 0.29) is 11.9 Å². The van der Waals surface area contributed by atoms with Gasteiger partial charge in [0.2, 0.25) is 0 Å². The van der Waals surface area contributed by atoms with E-state index in [2.05, 4.69) is 23.9 Å². The van der Waals surface area contributed by atoms with Gasteiger partial charge in [-0.05, 0) is 37.4 Å². The number of aromatic nitrogens is 3. The third kappa shape index (κ3) is 3.38. The number of rotatable bonds is 5. The number of hydrogen-bond donors (Lipinski definition) is 0. The predicted molar refractivity (Wildman–Crippen MR) is 96.0 cm³/mol. The van der Waals surface area contributed by atoms with Crippen molar-refractivity contribution in [1.82, 2.24) is 19.7 Å². The summed E-state index contributed by atoms with van der Waals surface area (Å²) in [4.78, 5) is 19.8. The van der Waals surface area contributed by atoms with Crippen LogP contribution in [0.1, 0.15) is 35.1 Å². The van der Waals surface area contributed by atoms with Gasteiger partial charge >= 0.3 is 0 Å². The van der Waals surface area contributed by atoms with Gasteiger partial charge in [-0.25, -0.2) is 9.67 Å². The fourth-order valence-corrected chi connectivity index (χ4v) is 3.28. The number of hydrogen-bond acceptors (Lipinski definition) is 4. The van der Waals surface area contributed by atoms with Gasteiger partial charge in [0.25, 0.3) is 5.91 Å². The summed E-state index contributed by atoms with van der Waals surface area (Å²) < 4.78 is 1.87. The van der Waals surface area contributed by atoms with Crippen molar-refractivity contribution in [3.8, 4) is 11.4 Å². The maximum absolute atomic E-state index is 12.5. The molecule has 5 nitrogen and oxygen atoms in total. The van der Waals surface area contributed by atoms with Crippen molar-refractivity contribution < 1.29 is 4.79 Å². The zero-order chi connectivity index (χ0) is 17.1. The van der Waals surface area contributed by atoms with Crippen molar-refractivity contribution in [3.63, 3.8) is 0 Å². The number of thiophene rings is 1. The maximum Gasteiger partial charge on any atom is 0.253 e. The van der Waals surface area contributed by atoms with Gasteiger partial charge in [0.05, 0.1) is 6.54 Å². The molecule has 1 amide bonds. The Bertz CT molecular complexity index is 806. The van der Waals surface area contributed by atoms with Crippen molar-refractivity contribution in [1.29, 1.82) is 0 Å². The number of carbonyl (C=O) groups is 1. The molecule has 3 aromatic rings. The van der Waals surface area contributed by atoms with Crippen LogP contribution in [0.3, 0.4) is 0 Å². The molecule has 0 atom stereocenters. The molecule has 0 unspecified atom stereocenters. The van der Waals surface area contributed by atoms with Crippen LogP contribution in [-0.4, -0.2) is 32.6 Å². The van der Waals surface area contributed by atoms with Crippen molar-refractivity contribution in [3.05, 3.63) is 58.5 Å². The molecular weight excluding hydrogens is 320 g/mol. The topological polar surface area (TPSA) is 51.0 Å². The van der Waals surface area contributed by atoms with Gasteiger partial charge in [0.1, 0.15) is 6.33 Å². The summed E-state index contributed by atoms with van der Waals surface area (Å²) in [6, 6.07) is 11.8. The molecule has 0 radical (unpaired) electrons. The monoisotopic (exact) mass is 340 g/mol. The van der Waals surface area contributed by atoms with Gasteiger partial charge in [0, 0.05) is 29.1 Å². The minimum atomic E-state index is 0.0141. The zero-order valence-electron chi connectivity index (χ0n) is 14.0. The second-order valence-electron chi connectivity index (χ2n) is 5.94. The van der Waals surface area contributed by atoms with Gasteiger partial charge in [-0.1, -0.05) is 18.2 Å². The third-order valence-corrected chi connectivity index (χ3v) is 4.63. The molecule has 24 heavy (non-hydrogen) atoms. The molecule has 0 spiro atoms. The molecule has 0 saturated carbocycles. The Morgan fingerprint density at radius 3 is 2.62 bits per heavy atom. The van der Waals surface area contributed by atoms with E-state index < -0.39 is 0 Å². The van der Waals surface area contributed by atoms with Crippen LogP contribution in [0.4, 0.5) is 0 Å². The summed E-state index contributed by atoms with van der Waals surface area (Å²) >= 11 is 1.66. The molecule has 0 N–H and O–H groups in total. The first-order valence-corrected chi connectivity index (χ1v) is 8.72. The van der Waals surface area contributed by atoms with Crippen LogP contribution in [-0.2, 0) is 6.54 Å². The Balaban J connectivity index is 1.76. The molecule has 0 aliphatic rings. The van der Waals surface area contributed by atoms with Crippen LogP contribution in [0, 0.1) is 0 Å². The Kier molecular flexibility index (Phi) is 4.76. The summed E-state index contributed by atoms with van der Waals surface area (Å²) in [5.74, 6) is 0.830. The molecule has 0 bridgehead atoms. The van der Waals surface area contributed by atoms with Gasteiger partial charge in [-0.3, -0.25) is 4.79 Å². The molecule has 1 aromatic carbocycles. The van der Waals surface area contributed by atoms with E-state index in [0.717, 1.165) is 11.4 Å². The summed E-state index contributed by atoms with van der Waals surface area (Å²) in [7, 11) is 1.82. The van der Waals surface area contributed by atoms with E-state index in [9.17, 15) is 4.79 Å². The van der Waals surface area contributed by atoms with E-state index in [1.54, 1.807) is 22.6 Å². The summed E-state index contributed by atoms with van der Waals surface area (Å²) in [6.07, 6.45) is 1.56. The van der Waals surface area contributed by atoms with Gasteiger partial charge in [0.15, 0.2) is 5.82 Å². The lowest BCUT2D eigenvalue weighted by Crippen LogP contribution is -2.25. The lowest BCUT2D eigenvalue weighted by atomic mass is 10.1. The second kappa shape index (κ2) is 6.97. The number of benzene rings is 1.